The number of hydrogen-bond acceptors (Lipinski definition) is 3. The van der Waals surface area contributed by atoms with Gasteiger partial charge in [-0.05, 0) is 48.1 Å². The Bertz CT molecular complexity index is 464. The van der Waals surface area contributed by atoms with Crippen molar-refractivity contribution < 1.29 is 0 Å². The molecule has 18 heavy (non-hydrogen) atoms. The molecule has 0 spiro atoms. The smallest absolute Gasteiger partial charge is 0.105 e. The number of anilines is 1. The maximum atomic E-state index is 5.66. The van der Waals surface area contributed by atoms with E-state index in [1.54, 1.807) is 0 Å². The Balaban J connectivity index is 2.19. The van der Waals surface area contributed by atoms with Crippen LogP contribution in [-0.4, -0.2) is 42.6 Å². The molecule has 1 unspecified atom stereocenters. The van der Waals surface area contributed by atoms with E-state index in [1.165, 1.54) is 5.69 Å². The predicted octanol–water partition coefficient (Wildman–Crippen LogP) is 2.22. The molecule has 1 aliphatic rings. The number of thiocarbonyl (C=S) groups is 1. The van der Waals surface area contributed by atoms with Gasteiger partial charge in [0.05, 0.1) is 0 Å². The fraction of sp³-hybridized carbons (Fsp3) is 0.462. The average Bonchev–Trinajstić information content (AvgIpc) is 2.32. The lowest BCUT2D eigenvalue weighted by Gasteiger charge is -2.39. The number of benzene rings is 1. The van der Waals surface area contributed by atoms with Crippen molar-refractivity contribution in [1.82, 2.24) is 4.90 Å². The molecular formula is C13H18BrN3S. The number of halogens is 1. The third kappa shape index (κ3) is 2.84. The lowest BCUT2D eigenvalue weighted by Crippen LogP contribution is -2.50. The standard InChI is InChI=1S/C13H18BrN3S/c1-9-8-17(6-5-16(9)2)10-3-4-11(13(15)18)12(14)7-10/h3-4,7,9H,5-6,8H2,1-2H3,(H2,15,18). The molecule has 1 saturated heterocycles. The molecule has 1 fully saturated rings. The summed E-state index contributed by atoms with van der Waals surface area (Å²) in [5, 5.41) is 0. The molecule has 0 amide bonds. The lowest BCUT2D eigenvalue weighted by molar-refractivity contribution is 0.234. The van der Waals surface area contributed by atoms with Crippen molar-refractivity contribution in [1.29, 1.82) is 0 Å². The van der Waals surface area contributed by atoms with E-state index in [0.29, 0.717) is 11.0 Å². The van der Waals surface area contributed by atoms with Crippen molar-refractivity contribution in [2.24, 2.45) is 5.73 Å². The number of likely N-dealkylation sites (N-methyl/N-ethyl adjacent to an activating group) is 1. The van der Waals surface area contributed by atoms with E-state index in [4.69, 9.17) is 18.0 Å². The van der Waals surface area contributed by atoms with Crippen LogP contribution >= 0.6 is 28.1 Å². The summed E-state index contributed by atoms with van der Waals surface area (Å²) in [6.07, 6.45) is 0. The van der Waals surface area contributed by atoms with Crippen LogP contribution in [-0.2, 0) is 0 Å². The Hall–Kier alpha value is -0.650. The highest BCUT2D eigenvalue weighted by molar-refractivity contribution is 9.10. The number of nitrogens with two attached hydrogens (primary N) is 1. The molecule has 2 rings (SSSR count). The minimum absolute atomic E-state index is 0.431. The van der Waals surface area contributed by atoms with Crippen LogP contribution in [0.5, 0.6) is 0 Å². The fourth-order valence-corrected chi connectivity index (χ4v) is 3.07. The highest BCUT2D eigenvalue weighted by Gasteiger charge is 2.21. The van der Waals surface area contributed by atoms with E-state index in [9.17, 15) is 0 Å². The maximum absolute atomic E-state index is 5.66. The molecule has 1 aliphatic heterocycles. The molecule has 3 nitrogen and oxygen atoms in total. The van der Waals surface area contributed by atoms with Gasteiger partial charge in [0, 0.05) is 41.4 Å². The lowest BCUT2D eigenvalue weighted by atomic mass is 10.1. The molecule has 0 aromatic heterocycles. The molecule has 98 valence electrons. The molecule has 1 heterocycles. The van der Waals surface area contributed by atoms with Gasteiger partial charge in [0.25, 0.3) is 0 Å². The number of hydrogen-bond donors (Lipinski definition) is 1. The summed E-state index contributed by atoms with van der Waals surface area (Å²) in [5.41, 5.74) is 7.79. The second-order valence-corrected chi connectivity index (χ2v) is 6.10. The predicted molar refractivity (Wildman–Crippen MR) is 84.3 cm³/mol. The van der Waals surface area contributed by atoms with Gasteiger partial charge < -0.3 is 15.5 Å². The molecule has 0 aliphatic carbocycles. The third-order valence-electron chi connectivity index (χ3n) is 3.54. The van der Waals surface area contributed by atoms with Crippen LogP contribution in [0, 0.1) is 0 Å². The van der Waals surface area contributed by atoms with E-state index in [1.807, 2.05) is 6.07 Å². The van der Waals surface area contributed by atoms with Crippen molar-refractivity contribution in [2.45, 2.75) is 13.0 Å². The van der Waals surface area contributed by atoms with Crippen LogP contribution in [0.3, 0.4) is 0 Å². The van der Waals surface area contributed by atoms with E-state index < -0.39 is 0 Å². The van der Waals surface area contributed by atoms with E-state index in [2.05, 4.69) is 51.8 Å². The Morgan fingerprint density at radius 3 is 2.72 bits per heavy atom. The van der Waals surface area contributed by atoms with Gasteiger partial charge in [-0.1, -0.05) is 12.2 Å². The zero-order valence-corrected chi connectivity index (χ0v) is 13.1. The largest absolute Gasteiger partial charge is 0.389 e. The maximum Gasteiger partial charge on any atom is 0.105 e. The molecule has 1 aromatic carbocycles. The summed E-state index contributed by atoms with van der Waals surface area (Å²) in [4.78, 5) is 5.22. The molecule has 1 atom stereocenters. The van der Waals surface area contributed by atoms with Crippen LogP contribution in [0.4, 0.5) is 5.69 Å². The Morgan fingerprint density at radius 1 is 1.44 bits per heavy atom. The van der Waals surface area contributed by atoms with Gasteiger partial charge in [0.2, 0.25) is 0 Å². The van der Waals surface area contributed by atoms with Gasteiger partial charge in [0.1, 0.15) is 4.99 Å². The Morgan fingerprint density at radius 2 is 2.17 bits per heavy atom. The topological polar surface area (TPSA) is 32.5 Å². The highest BCUT2D eigenvalue weighted by atomic mass is 79.9. The molecule has 2 N–H and O–H groups in total. The second kappa shape index (κ2) is 5.55. The first kappa shape index (κ1) is 13.8. The van der Waals surface area contributed by atoms with Gasteiger partial charge in [-0.2, -0.15) is 0 Å². The highest BCUT2D eigenvalue weighted by Crippen LogP contribution is 2.25. The summed E-state index contributed by atoms with van der Waals surface area (Å²) in [5.74, 6) is 0. The first-order valence-electron chi connectivity index (χ1n) is 6.03. The van der Waals surface area contributed by atoms with Crippen molar-refractivity contribution >= 4 is 38.8 Å². The Labute approximate surface area is 122 Å². The number of nitrogens with zero attached hydrogens (tertiary/aromatic N) is 2. The zero-order chi connectivity index (χ0) is 13.3. The quantitative estimate of drug-likeness (QED) is 0.844. The monoisotopic (exact) mass is 327 g/mol. The van der Waals surface area contributed by atoms with Crippen LogP contribution in [0.2, 0.25) is 0 Å². The van der Waals surface area contributed by atoms with Crippen molar-refractivity contribution in [3.63, 3.8) is 0 Å². The van der Waals surface area contributed by atoms with E-state index >= 15 is 0 Å². The summed E-state index contributed by atoms with van der Waals surface area (Å²) < 4.78 is 0.971. The van der Waals surface area contributed by atoms with Gasteiger partial charge in [-0.25, -0.2) is 0 Å². The minimum atomic E-state index is 0.431. The first-order valence-corrected chi connectivity index (χ1v) is 7.23. The van der Waals surface area contributed by atoms with Gasteiger partial charge in [0.15, 0.2) is 0 Å². The van der Waals surface area contributed by atoms with Crippen LogP contribution in [0.1, 0.15) is 12.5 Å². The molecule has 0 saturated carbocycles. The van der Waals surface area contributed by atoms with Gasteiger partial charge >= 0.3 is 0 Å². The number of rotatable bonds is 2. The summed E-state index contributed by atoms with van der Waals surface area (Å²) >= 11 is 8.55. The normalized spacial score (nSPS) is 21.1. The fourth-order valence-electron chi connectivity index (χ4n) is 2.18. The molecule has 0 radical (unpaired) electrons. The van der Waals surface area contributed by atoms with Crippen molar-refractivity contribution in [3.8, 4) is 0 Å². The second-order valence-electron chi connectivity index (χ2n) is 4.80. The van der Waals surface area contributed by atoms with Crippen LogP contribution in [0.15, 0.2) is 22.7 Å². The minimum Gasteiger partial charge on any atom is -0.389 e. The van der Waals surface area contributed by atoms with Crippen LogP contribution < -0.4 is 10.6 Å². The zero-order valence-electron chi connectivity index (χ0n) is 10.7. The first-order chi connectivity index (χ1) is 8.49. The van der Waals surface area contributed by atoms with Crippen molar-refractivity contribution in [3.05, 3.63) is 28.2 Å². The van der Waals surface area contributed by atoms with Crippen LogP contribution in [0.25, 0.3) is 0 Å². The third-order valence-corrected chi connectivity index (χ3v) is 4.42. The summed E-state index contributed by atoms with van der Waals surface area (Å²) in [7, 11) is 2.17. The van der Waals surface area contributed by atoms with E-state index in [-0.39, 0.29) is 0 Å². The SMILES string of the molecule is CC1CN(c2ccc(C(N)=S)c(Br)c2)CCN1C. The van der Waals surface area contributed by atoms with E-state index in [0.717, 1.165) is 29.7 Å². The summed E-state index contributed by atoms with van der Waals surface area (Å²) in [6, 6.07) is 6.77. The molecule has 5 heteroatoms. The molecular weight excluding hydrogens is 310 g/mol. The molecule has 0 bridgehead atoms. The Kier molecular flexibility index (Phi) is 4.25. The summed E-state index contributed by atoms with van der Waals surface area (Å²) in [6.45, 7) is 5.45. The van der Waals surface area contributed by atoms with Crippen molar-refractivity contribution in [2.75, 3.05) is 31.6 Å². The average molecular weight is 328 g/mol. The van der Waals surface area contributed by atoms with Gasteiger partial charge in [-0.15, -0.1) is 0 Å². The van der Waals surface area contributed by atoms with Gasteiger partial charge in [-0.3, -0.25) is 0 Å². The number of piperazine rings is 1. The molecule has 1 aromatic rings.